The van der Waals surface area contributed by atoms with Gasteiger partial charge in [0.1, 0.15) is 5.69 Å². The topological polar surface area (TPSA) is 47.0 Å². The van der Waals surface area contributed by atoms with Gasteiger partial charge in [-0.2, -0.15) is 13.2 Å². The number of anilines is 1. The number of nitrogens with zero attached hydrogens (tertiary/aromatic N) is 2. The monoisotopic (exact) mass is 373 g/mol. The Bertz CT molecular complexity index is 842. The van der Waals surface area contributed by atoms with Gasteiger partial charge in [-0.05, 0) is 17.2 Å². The van der Waals surface area contributed by atoms with E-state index in [1.54, 1.807) is 0 Å². The average molecular weight is 373 g/mol. The van der Waals surface area contributed by atoms with Gasteiger partial charge >= 0.3 is 6.18 Å². The summed E-state index contributed by atoms with van der Waals surface area (Å²) < 4.78 is 44.4. The van der Waals surface area contributed by atoms with Gasteiger partial charge in [-0.25, -0.2) is 9.97 Å². The minimum Gasteiger partial charge on any atom is -0.374 e. The van der Waals surface area contributed by atoms with Crippen LogP contribution in [0.4, 0.5) is 19.1 Å². The first-order valence-electron chi connectivity index (χ1n) is 8.36. The van der Waals surface area contributed by atoms with E-state index in [1.165, 1.54) is 0 Å². The molecule has 3 aromatic rings. The highest BCUT2D eigenvalue weighted by molar-refractivity contribution is 5.33. The van der Waals surface area contributed by atoms with Crippen molar-refractivity contribution in [1.29, 1.82) is 0 Å². The zero-order valence-corrected chi connectivity index (χ0v) is 14.4. The summed E-state index contributed by atoms with van der Waals surface area (Å²) in [6.07, 6.45) is -3.43. The lowest BCUT2D eigenvalue weighted by molar-refractivity contribution is -0.141. The lowest BCUT2D eigenvalue weighted by Crippen LogP contribution is -2.20. The quantitative estimate of drug-likeness (QED) is 0.642. The molecule has 0 saturated heterocycles. The summed E-state index contributed by atoms with van der Waals surface area (Å²) in [4.78, 5) is 7.48. The average Bonchev–Trinajstić information content (AvgIpc) is 2.68. The molecule has 1 heterocycles. The van der Waals surface area contributed by atoms with Crippen molar-refractivity contribution in [3.8, 4) is 0 Å². The van der Waals surface area contributed by atoms with Crippen LogP contribution in [0.3, 0.4) is 0 Å². The van der Waals surface area contributed by atoms with Crippen molar-refractivity contribution in [3.05, 3.63) is 89.7 Å². The highest BCUT2D eigenvalue weighted by Gasteiger charge is 2.33. The van der Waals surface area contributed by atoms with Crippen molar-refractivity contribution in [3.63, 3.8) is 0 Å². The number of halogens is 3. The lowest BCUT2D eigenvalue weighted by Gasteiger charge is -2.20. The van der Waals surface area contributed by atoms with E-state index >= 15 is 0 Å². The molecule has 0 aliphatic heterocycles. The summed E-state index contributed by atoms with van der Waals surface area (Å²) in [6.45, 7) is 0.647. The van der Waals surface area contributed by atoms with Crippen molar-refractivity contribution in [2.75, 3.05) is 11.9 Å². The SMILES string of the molecule is FC(F)(F)c1ccnc(N[C@H](COCc2ccccc2)c2ccccc2)n1. The predicted octanol–water partition coefficient (Wildman–Crippen LogP) is 4.87. The molecule has 4 nitrogen and oxygen atoms in total. The van der Waals surface area contributed by atoms with E-state index in [0.717, 1.165) is 23.4 Å². The number of benzene rings is 2. The Balaban J connectivity index is 1.73. The number of ether oxygens (including phenoxy) is 1. The van der Waals surface area contributed by atoms with E-state index in [1.807, 2.05) is 60.7 Å². The Labute approximate surface area is 155 Å². The van der Waals surface area contributed by atoms with Crippen LogP contribution in [0.5, 0.6) is 0 Å². The molecule has 3 rings (SSSR count). The van der Waals surface area contributed by atoms with E-state index in [-0.39, 0.29) is 12.6 Å². The number of rotatable bonds is 7. The van der Waals surface area contributed by atoms with Crippen LogP contribution in [0.1, 0.15) is 22.9 Å². The number of aromatic nitrogens is 2. The van der Waals surface area contributed by atoms with Crippen LogP contribution >= 0.6 is 0 Å². The normalized spacial score (nSPS) is 12.6. The van der Waals surface area contributed by atoms with E-state index < -0.39 is 17.9 Å². The van der Waals surface area contributed by atoms with Crippen LogP contribution in [0, 0.1) is 0 Å². The fourth-order valence-corrected chi connectivity index (χ4v) is 2.52. The number of nitrogens with one attached hydrogen (secondary N) is 1. The Hall–Kier alpha value is -2.93. The summed E-state index contributed by atoms with van der Waals surface area (Å²) in [5.74, 6) is -0.0954. The third-order valence-electron chi connectivity index (χ3n) is 3.85. The number of hydrogen-bond acceptors (Lipinski definition) is 4. The Morgan fingerprint density at radius 2 is 1.59 bits per heavy atom. The van der Waals surface area contributed by atoms with Gasteiger partial charge in [0, 0.05) is 6.20 Å². The maximum atomic E-state index is 12.9. The van der Waals surface area contributed by atoms with Gasteiger partial charge in [0.2, 0.25) is 5.95 Å². The first kappa shape index (κ1) is 18.8. The second kappa shape index (κ2) is 8.64. The molecular formula is C20H18F3N3O. The highest BCUT2D eigenvalue weighted by Crippen LogP contribution is 2.28. The van der Waals surface area contributed by atoms with Crippen LogP contribution in [0.25, 0.3) is 0 Å². The summed E-state index contributed by atoms with van der Waals surface area (Å²) in [6, 6.07) is 19.4. The molecular weight excluding hydrogens is 355 g/mol. The van der Waals surface area contributed by atoms with Gasteiger partial charge in [-0.15, -0.1) is 0 Å². The molecule has 0 aliphatic carbocycles. The van der Waals surface area contributed by atoms with Gasteiger partial charge in [0.25, 0.3) is 0 Å². The van der Waals surface area contributed by atoms with Gasteiger partial charge in [0.05, 0.1) is 19.3 Å². The molecule has 0 radical (unpaired) electrons. The van der Waals surface area contributed by atoms with Crippen molar-refractivity contribution < 1.29 is 17.9 Å². The summed E-state index contributed by atoms with van der Waals surface area (Å²) in [5.41, 5.74) is 0.892. The first-order valence-corrected chi connectivity index (χ1v) is 8.36. The molecule has 0 unspecified atom stereocenters. The molecule has 0 amide bonds. The van der Waals surface area contributed by atoms with E-state index in [0.29, 0.717) is 6.61 Å². The maximum Gasteiger partial charge on any atom is 0.433 e. The molecule has 2 aromatic carbocycles. The molecule has 27 heavy (non-hydrogen) atoms. The summed E-state index contributed by atoms with van der Waals surface area (Å²) >= 11 is 0. The zero-order valence-electron chi connectivity index (χ0n) is 14.4. The minimum atomic E-state index is -4.52. The second-order valence-electron chi connectivity index (χ2n) is 5.87. The molecule has 1 aromatic heterocycles. The number of alkyl halides is 3. The van der Waals surface area contributed by atoms with Crippen molar-refractivity contribution in [1.82, 2.24) is 9.97 Å². The van der Waals surface area contributed by atoms with E-state index in [4.69, 9.17) is 4.74 Å². The first-order chi connectivity index (χ1) is 13.0. The van der Waals surface area contributed by atoms with Crippen LogP contribution < -0.4 is 5.32 Å². The van der Waals surface area contributed by atoms with E-state index in [2.05, 4.69) is 15.3 Å². The highest BCUT2D eigenvalue weighted by atomic mass is 19.4. The van der Waals surface area contributed by atoms with Gasteiger partial charge in [-0.3, -0.25) is 0 Å². The molecule has 1 atom stereocenters. The molecule has 0 aliphatic rings. The summed E-state index contributed by atoms with van der Waals surface area (Å²) in [7, 11) is 0. The van der Waals surface area contributed by atoms with Crippen molar-refractivity contribution >= 4 is 5.95 Å². The smallest absolute Gasteiger partial charge is 0.374 e. The second-order valence-corrected chi connectivity index (χ2v) is 5.87. The van der Waals surface area contributed by atoms with Crippen LogP contribution in [0.15, 0.2) is 72.9 Å². The van der Waals surface area contributed by atoms with Crippen LogP contribution in [-0.2, 0) is 17.5 Å². The molecule has 140 valence electrons. The largest absolute Gasteiger partial charge is 0.433 e. The van der Waals surface area contributed by atoms with Gasteiger partial charge < -0.3 is 10.1 Å². The fraction of sp³-hybridized carbons (Fsp3) is 0.200. The third kappa shape index (κ3) is 5.52. The molecule has 1 N–H and O–H groups in total. The maximum absolute atomic E-state index is 12.9. The summed E-state index contributed by atoms with van der Waals surface area (Å²) in [5, 5.41) is 2.95. The molecule has 7 heteroatoms. The molecule has 0 spiro atoms. The Morgan fingerprint density at radius 1 is 0.926 bits per heavy atom. The lowest BCUT2D eigenvalue weighted by atomic mass is 10.1. The van der Waals surface area contributed by atoms with Crippen LogP contribution in [0.2, 0.25) is 0 Å². The van der Waals surface area contributed by atoms with Crippen molar-refractivity contribution in [2.45, 2.75) is 18.8 Å². The Kier molecular flexibility index (Phi) is 6.03. The van der Waals surface area contributed by atoms with Gasteiger partial charge in [-0.1, -0.05) is 60.7 Å². The van der Waals surface area contributed by atoms with Crippen LogP contribution in [-0.4, -0.2) is 16.6 Å². The molecule has 0 saturated carbocycles. The fourth-order valence-electron chi connectivity index (χ4n) is 2.52. The number of hydrogen-bond donors (Lipinski definition) is 1. The van der Waals surface area contributed by atoms with Crippen molar-refractivity contribution in [2.24, 2.45) is 0 Å². The zero-order chi connectivity index (χ0) is 19.1. The Morgan fingerprint density at radius 3 is 2.26 bits per heavy atom. The molecule has 0 fully saturated rings. The standard InChI is InChI=1S/C20H18F3N3O/c21-20(22,23)18-11-12-24-19(26-18)25-17(16-9-5-2-6-10-16)14-27-13-15-7-3-1-4-8-15/h1-12,17H,13-14H2,(H,24,25,26)/t17-/m1/s1. The van der Waals surface area contributed by atoms with Gasteiger partial charge in [0.15, 0.2) is 0 Å². The molecule has 0 bridgehead atoms. The predicted molar refractivity (Wildman–Crippen MR) is 95.9 cm³/mol. The minimum absolute atomic E-state index is 0.0954. The third-order valence-corrected chi connectivity index (χ3v) is 3.85. The van der Waals surface area contributed by atoms with E-state index in [9.17, 15) is 13.2 Å².